The molecule has 0 bridgehead atoms. The zero-order chi connectivity index (χ0) is 27.2. The molecule has 1 heterocycles. The van der Waals surface area contributed by atoms with Crippen LogP contribution in [0.3, 0.4) is 0 Å². The van der Waals surface area contributed by atoms with Gasteiger partial charge in [0.05, 0.1) is 5.92 Å². The van der Waals surface area contributed by atoms with Crippen LogP contribution in [0.25, 0.3) is 6.08 Å². The van der Waals surface area contributed by atoms with E-state index in [2.05, 4.69) is 6.07 Å². The van der Waals surface area contributed by atoms with Gasteiger partial charge in [-0.25, -0.2) is 9.18 Å². The molecule has 1 aliphatic rings. The van der Waals surface area contributed by atoms with Crippen LogP contribution in [0.1, 0.15) is 28.2 Å². The number of hydrogen-bond acceptors (Lipinski definition) is 6. The molecule has 0 radical (unpaired) electrons. The van der Waals surface area contributed by atoms with Gasteiger partial charge in [0.15, 0.2) is 0 Å². The summed E-state index contributed by atoms with van der Waals surface area (Å²) in [6.07, 6.45) is 3.01. The second kappa shape index (κ2) is 11.4. The quantitative estimate of drug-likeness (QED) is 0.177. The molecule has 1 atom stereocenters. The number of nitrogens with zero attached hydrogens (tertiary/aromatic N) is 1. The third-order valence-electron chi connectivity index (χ3n) is 6.15. The number of carbonyl (C=O) groups is 1. The molecule has 2 N–H and O–H groups in total. The maximum absolute atomic E-state index is 13.1. The van der Waals surface area contributed by atoms with Crippen LogP contribution in [0.5, 0.6) is 17.2 Å². The van der Waals surface area contributed by atoms with Crippen LogP contribution >= 0.6 is 0 Å². The molecule has 0 spiro atoms. The van der Waals surface area contributed by atoms with Crippen LogP contribution in [-0.2, 0) is 11.4 Å². The lowest BCUT2D eigenvalue weighted by molar-refractivity contribution is -0.128. The Morgan fingerprint density at radius 3 is 2.41 bits per heavy atom. The third kappa shape index (κ3) is 5.97. The van der Waals surface area contributed by atoms with Gasteiger partial charge in [-0.05, 0) is 53.1 Å². The molecule has 192 valence electrons. The van der Waals surface area contributed by atoms with Crippen molar-refractivity contribution < 1.29 is 23.4 Å². The average molecular weight is 519 g/mol. The van der Waals surface area contributed by atoms with E-state index in [1.165, 1.54) is 18.2 Å². The van der Waals surface area contributed by atoms with Gasteiger partial charge in [0, 0.05) is 17.7 Å². The minimum Gasteiger partial charge on any atom is -0.489 e. The smallest absolute Gasteiger partial charge is 0.336 e. The molecule has 0 aliphatic carbocycles. The van der Waals surface area contributed by atoms with Crippen molar-refractivity contribution in [1.82, 2.24) is 0 Å². The van der Waals surface area contributed by atoms with Crippen LogP contribution in [0.2, 0.25) is 0 Å². The van der Waals surface area contributed by atoms with E-state index in [0.717, 1.165) is 16.7 Å². The van der Waals surface area contributed by atoms with Crippen molar-refractivity contribution >= 4 is 12.0 Å². The predicted octanol–water partition coefficient (Wildman–Crippen LogP) is 6.24. The highest BCUT2D eigenvalue weighted by molar-refractivity contribution is 5.88. The number of halogens is 1. The third-order valence-corrected chi connectivity index (χ3v) is 6.15. The first kappa shape index (κ1) is 25.3. The number of fused-ring (bicyclic) bond motifs is 1. The molecule has 0 fully saturated rings. The molecule has 4 aromatic rings. The number of allylic oxidation sites excluding steroid dienone is 1. The fourth-order valence-corrected chi connectivity index (χ4v) is 4.22. The number of rotatable bonds is 7. The number of ether oxygens (including phenoxy) is 3. The van der Waals surface area contributed by atoms with Crippen molar-refractivity contribution in [2.24, 2.45) is 5.73 Å². The Labute approximate surface area is 225 Å². The average Bonchev–Trinajstić information content (AvgIpc) is 2.96. The number of hydrogen-bond donors (Lipinski definition) is 1. The molecule has 0 saturated heterocycles. The summed E-state index contributed by atoms with van der Waals surface area (Å²) in [4.78, 5) is 12.3. The van der Waals surface area contributed by atoms with Gasteiger partial charge in [0.2, 0.25) is 5.88 Å². The fourth-order valence-electron chi connectivity index (χ4n) is 4.22. The number of esters is 1. The van der Waals surface area contributed by atoms with E-state index in [4.69, 9.17) is 19.9 Å². The summed E-state index contributed by atoms with van der Waals surface area (Å²) in [6.45, 7) is 0.290. The van der Waals surface area contributed by atoms with Crippen LogP contribution in [0.4, 0.5) is 4.39 Å². The van der Waals surface area contributed by atoms with Gasteiger partial charge in [-0.2, -0.15) is 5.26 Å². The van der Waals surface area contributed by atoms with E-state index in [0.29, 0.717) is 17.1 Å². The summed E-state index contributed by atoms with van der Waals surface area (Å²) in [5.74, 6) is -0.0314. The molecule has 0 saturated carbocycles. The molecule has 1 aliphatic heterocycles. The van der Waals surface area contributed by atoms with E-state index in [1.807, 2.05) is 42.5 Å². The van der Waals surface area contributed by atoms with E-state index in [9.17, 15) is 14.4 Å². The van der Waals surface area contributed by atoms with Gasteiger partial charge < -0.3 is 19.9 Å². The van der Waals surface area contributed by atoms with Gasteiger partial charge in [0.25, 0.3) is 0 Å². The summed E-state index contributed by atoms with van der Waals surface area (Å²) in [7, 11) is 0. The van der Waals surface area contributed by atoms with Crippen LogP contribution in [0, 0.1) is 17.1 Å². The van der Waals surface area contributed by atoms with Gasteiger partial charge >= 0.3 is 5.97 Å². The van der Waals surface area contributed by atoms with Gasteiger partial charge in [-0.1, -0.05) is 60.7 Å². The molecule has 39 heavy (non-hydrogen) atoms. The molecule has 6 nitrogen and oxygen atoms in total. The monoisotopic (exact) mass is 518 g/mol. The van der Waals surface area contributed by atoms with Crippen molar-refractivity contribution in [3.05, 3.63) is 143 Å². The van der Waals surface area contributed by atoms with Gasteiger partial charge in [-0.3, -0.25) is 0 Å². The van der Waals surface area contributed by atoms with Crippen molar-refractivity contribution in [1.29, 1.82) is 5.26 Å². The Hall–Kier alpha value is -5.35. The molecule has 0 aromatic heterocycles. The topological polar surface area (TPSA) is 94.6 Å². The Balaban J connectivity index is 1.33. The minimum atomic E-state index is -0.538. The van der Waals surface area contributed by atoms with Crippen molar-refractivity contribution in [3.63, 3.8) is 0 Å². The molecule has 1 unspecified atom stereocenters. The molecule has 7 heteroatoms. The van der Waals surface area contributed by atoms with Gasteiger partial charge in [-0.15, -0.1) is 0 Å². The van der Waals surface area contributed by atoms with Crippen molar-refractivity contribution in [2.45, 2.75) is 12.5 Å². The summed E-state index contributed by atoms with van der Waals surface area (Å²) >= 11 is 0. The number of nitrogens with two attached hydrogens (primary N) is 1. The Morgan fingerprint density at radius 1 is 0.974 bits per heavy atom. The van der Waals surface area contributed by atoms with Crippen LogP contribution < -0.4 is 19.9 Å². The Bertz CT molecular complexity index is 1590. The summed E-state index contributed by atoms with van der Waals surface area (Å²) in [5.41, 5.74) is 9.62. The highest BCUT2D eigenvalue weighted by Crippen LogP contribution is 2.43. The summed E-state index contributed by atoms with van der Waals surface area (Å²) in [6, 6.07) is 30.0. The largest absolute Gasteiger partial charge is 0.489 e. The Morgan fingerprint density at radius 2 is 1.69 bits per heavy atom. The zero-order valence-electron chi connectivity index (χ0n) is 20.7. The maximum atomic E-state index is 13.1. The lowest BCUT2D eigenvalue weighted by atomic mass is 9.83. The first-order valence-corrected chi connectivity index (χ1v) is 12.1. The predicted molar refractivity (Wildman–Crippen MR) is 144 cm³/mol. The second-order valence-corrected chi connectivity index (χ2v) is 8.77. The lowest BCUT2D eigenvalue weighted by Crippen LogP contribution is -2.21. The van der Waals surface area contributed by atoms with Crippen LogP contribution in [0.15, 0.2) is 115 Å². The van der Waals surface area contributed by atoms with Crippen molar-refractivity contribution in [2.75, 3.05) is 0 Å². The van der Waals surface area contributed by atoms with E-state index >= 15 is 0 Å². The van der Waals surface area contributed by atoms with E-state index in [-0.39, 0.29) is 29.6 Å². The fraction of sp³-hybridized carbons (Fsp3) is 0.0625. The number of nitriles is 1. The SMILES string of the molecule is N#CC1=C(N)Oc2cc(OC(=O)/C=C/c3ccccc3)ccc2C1c1ccc(OCc2ccc(F)cc2)cc1. The summed E-state index contributed by atoms with van der Waals surface area (Å²) < 4.78 is 30.1. The lowest BCUT2D eigenvalue weighted by Gasteiger charge is -2.26. The first-order chi connectivity index (χ1) is 19.0. The highest BCUT2D eigenvalue weighted by atomic mass is 19.1. The number of carbonyl (C=O) groups excluding carboxylic acids is 1. The summed E-state index contributed by atoms with van der Waals surface area (Å²) in [5, 5.41) is 9.83. The first-order valence-electron chi connectivity index (χ1n) is 12.1. The van der Waals surface area contributed by atoms with Gasteiger partial charge in [0.1, 0.15) is 41.3 Å². The second-order valence-electron chi connectivity index (χ2n) is 8.77. The van der Waals surface area contributed by atoms with Crippen molar-refractivity contribution in [3.8, 4) is 23.3 Å². The molecular weight excluding hydrogens is 495 g/mol. The molecule has 0 amide bonds. The number of benzene rings is 4. The zero-order valence-corrected chi connectivity index (χ0v) is 20.7. The van der Waals surface area contributed by atoms with E-state index in [1.54, 1.807) is 48.5 Å². The molecular formula is C32H23FN2O4. The molecule has 5 rings (SSSR count). The maximum Gasteiger partial charge on any atom is 0.336 e. The highest BCUT2D eigenvalue weighted by Gasteiger charge is 2.31. The van der Waals surface area contributed by atoms with E-state index < -0.39 is 11.9 Å². The Kier molecular flexibility index (Phi) is 7.37. The standard InChI is InChI=1S/C32H23FN2O4/c33-24-11-6-22(7-12-24)20-37-25-13-9-23(10-14-25)31-27-16-15-26(18-29(27)39-32(35)28(31)19-34)38-30(36)17-8-21-4-2-1-3-5-21/h1-18,31H,20,35H2/b17-8+. The minimum absolute atomic E-state index is 0.0147. The molecule has 4 aromatic carbocycles. The van der Waals surface area contributed by atoms with Crippen LogP contribution in [-0.4, -0.2) is 5.97 Å². The normalized spacial score (nSPS) is 14.3.